The van der Waals surface area contributed by atoms with E-state index in [1.165, 1.54) is 0 Å². The molecule has 0 aliphatic rings. The van der Waals surface area contributed by atoms with Crippen LogP contribution < -0.4 is 20.1 Å². The predicted octanol–water partition coefficient (Wildman–Crippen LogP) is 6.39. The van der Waals surface area contributed by atoms with Gasteiger partial charge in [0.05, 0.1) is 0 Å². The minimum Gasteiger partial charge on any atom is -0.467 e. The van der Waals surface area contributed by atoms with Crippen LogP contribution in [0.15, 0.2) is 48.5 Å². The third-order valence-corrected chi connectivity index (χ3v) is 5.97. The quantitative estimate of drug-likeness (QED) is 0.185. The van der Waals surface area contributed by atoms with Crippen molar-refractivity contribution in [3.05, 3.63) is 59.7 Å². The van der Waals surface area contributed by atoms with Crippen molar-refractivity contribution in [2.75, 3.05) is 13.6 Å². The summed E-state index contributed by atoms with van der Waals surface area (Å²) in [5.41, 5.74) is 0.901. The van der Waals surface area contributed by atoms with E-state index < -0.39 is 31.6 Å². The number of benzene rings is 2. The summed E-state index contributed by atoms with van der Waals surface area (Å²) < 4.78 is 43.7. The van der Waals surface area contributed by atoms with Crippen LogP contribution in [0.25, 0.3) is 0 Å². The largest absolute Gasteiger partial charge is 0.467 e. The van der Waals surface area contributed by atoms with Crippen LogP contribution in [0.1, 0.15) is 66.5 Å². The highest BCUT2D eigenvalue weighted by atomic mass is 31.1. The van der Waals surface area contributed by atoms with Crippen molar-refractivity contribution in [1.82, 2.24) is 10.6 Å². The van der Waals surface area contributed by atoms with Gasteiger partial charge >= 0.3 is 20.4 Å². The molecule has 2 amide bonds. The highest BCUT2D eigenvalue weighted by Gasteiger charge is 2.19. The first kappa shape index (κ1) is 34.9. The molecule has 42 heavy (non-hydrogen) atoms. The summed E-state index contributed by atoms with van der Waals surface area (Å²) in [6.45, 7) is 14.2. The van der Waals surface area contributed by atoms with Crippen molar-refractivity contribution < 1.29 is 42.1 Å². The molecule has 234 valence electrons. The van der Waals surface area contributed by atoms with Crippen molar-refractivity contribution in [2.24, 2.45) is 0 Å². The molecule has 2 unspecified atom stereocenters. The maximum Gasteiger partial charge on any atom is 0.407 e. The number of ether oxygens (including phenoxy) is 4. The molecular formula is C30H45N2O9P. The number of amides is 2. The summed E-state index contributed by atoms with van der Waals surface area (Å²) in [7, 11) is -2.83. The van der Waals surface area contributed by atoms with Crippen molar-refractivity contribution in [3.63, 3.8) is 0 Å². The number of hydrogen-bond donors (Lipinski definition) is 2. The predicted molar refractivity (Wildman–Crippen MR) is 160 cm³/mol. The van der Waals surface area contributed by atoms with E-state index in [4.69, 9.17) is 28.0 Å². The molecule has 0 radical (unpaired) electrons. The molecule has 0 aromatic heterocycles. The fourth-order valence-corrected chi connectivity index (χ4v) is 4.00. The topological polar surface area (TPSA) is 131 Å². The average Bonchev–Trinajstić information content (AvgIpc) is 2.83. The maximum absolute atomic E-state index is 12.0. The van der Waals surface area contributed by atoms with Gasteiger partial charge in [-0.15, -0.1) is 0 Å². The molecule has 0 heterocycles. The van der Waals surface area contributed by atoms with Crippen LogP contribution in [-0.2, 0) is 35.9 Å². The summed E-state index contributed by atoms with van der Waals surface area (Å²) in [6, 6.07) is 14.3. The molecule has 0 bridgehead atoms. The summed E-state index contributed by atoms with van der Waals surface area (Å²) in [6.07, 6.45) is 0.322. The third kappa shape index (κ3) is 15.7. The van der Waals surface area contributed by atoms with Crippen LogP contribution in [0.3, 0.4) is 0 Å². The Morgan fingerprint density at radius 2 is 1.00 bits per heavy atom. The second kappa shape index (κ2) is 16.4. The number of alkyl carbamates (subject to hydrolysis) is 2. The lowest BCUT2D eigenvalue weighted by Gasteiger charge is -2.22. The Kier molecular flexibility index (Phi) is 13.6. The smallest absolute Gasteiger partial charge is 0.407 e. The van der Waals surface area contributed by atoms with Crippen molar-refractivity contribution in [1.29, 1.82) is 0 Å². The van der Waals surface area contributed by atoms with E-state index in [-0.39, 0.29) is 25.7 Å². The molecule has 12 heteroatoms. The number of hydrogen-bond acceptors (Lipinski definition) is 9. The highest BCUT2D eigenvalue weighted by molar-refractivity contribution is 7.33. The molecule has 2 N–H and O–H groups in total. The first-order valence-corrected chi connectivity index (χ1v) is 15.0. The van der Waals surface area contributed by atoms with Crippen LogP contribution in [0.4, 0.5) is 9.59 Å². The zero-order valence-corrected chi connectivity index (χ0v) is 26.8. The van der Waals surface area contributed by atoms with E-state index in [0.29, 0.717) is 24.3 Å². The van der Waals surface area contributed by atoms with E-state index in [1.807, 2.05) is 79.7 Å². The Morgan fingerprint density at radius 3 is 1.31 bits per heavy atom. The molecule has 0 aliphatic heterocycles. The summed E-state index contributed by atoms with van der Waals surface area (Å²) >= 11 is 0. The monoisotopic (exact) mass is 608 g/mol. The van der Waals surface area contributed by atoms with Gasteiger partial charge in [0.1, 0.15) is 22.7 Å². The Bertz CT molecular complexity index is 1050. The molecule has 0 fully saturated rings. The van der Waals surface area contributed by atoms with E-state index in [2.05, 4.69) is 10.6 Å². The molecule has 0 saturated heterocycles. The minimum absolute atomic E-state index is 0.116. The average molecular weight is 609 g/mol. The number of carbonyl (C=O) groups excluding carboxylic acids is 2. The van der Waals surface area contributed by atoms with Gasteiger partial charge in [-0.3, -0.25) is 13.6 Å². The van der Waals surface area contributed by atoms with Gasteiger partial charge in [0.15, 0.2) is 13.6 Å². The lowest BCUT2D eigenvalue weighted by Crippen LogP contribution is -2.38. The molecule has 2 atom stereocenters. The maximum atomic E-state index is 12.0. The fourth-order valence-electron chi connectivity index (χ4n) is 3.60. The fraction of sp³-hybridized carbons (Fsp3) is 0.533. The summed E-state index contributed by atoms with van der Waals surface area (Å²) in [5.74, 6) is 1.07. The molecule has 0 saturated carbocycles. The molecule has 2 aromatic carbocycles. The van der Waals surface area contributed by atoms with Crippen LogP contribution in [0.2, 0.25) is 0 Å². The molecule has 2 rings (SSSR count). The second-order valence-electron chi connectivity index (χ2n) is 11.9. The third-order valence-electron chi connectivity index (χ3n) is 5.26. The van der Waals surface area contributed by atoms with Crippen LogP contribution in [-0.4, -0.2) is 49.1 Å². The van der Waals surface area contributed by atoms with Gasteiger partial charge in [-0.2, -0.15) is 0 Å². The van der Waals surface area contributed by atoms with Crippen molar-refractivity contribution in [3.8, 4) is 11.5 Å². The zero-order valence-electron chi connectivity index (χ0n) is 25.8. The Balaban J connectivity index is 1.63. The Morgan fingerprint density at radius 1 is 0.667 bits per heavy atom. The van der Waals surface area contributed by atoms with Gasteiger partial charge in [0.25, 0.3) is 0 Å². The van der Waals surface area contributed by atoms with Crippen LogP contribution in [0.5, 0.6) is 11.5 Å². The molecule has 11 nitrogen and oxygen atoms in total. The van der Waals surface area contributed by atoms with E-state index in [9.17, 15) is 14.2 Å². The zero-order chi connectivity index (χ0) is 31.3. The molecule has 2 aromatic rings. The van der Waals surface area contributed by atoms with Gasteiger partial charge in [-0.05, 0) is 104 Å². The first-order chi connectivity index (χ1) is 19.6. The van der Waals surface area contributed by atoms with Gasteiger partial charge in [-0.25, -0.2) is 9.59 Å². The SMILES string of the molecule is CC(Cc1ccc(OCO[PH](=O)OCOc2ccc(CC(C)NC(=O)OC(C)(C)C)cc2)cc1)NC(=O)OC(C)(C)C. The second-order valence-corrected chi connectivity index (χ2v) is 12.9. The lowest BCUT2D eigenvalue weighted by molar-refractivity contribution is 0.0496. The normalized spacial score (nSPS) is 13.8. The minimum atomic E-state index is -2.83. The van der Waals surface area contributed by atoms with Gasteiger partial charge < -0.3 is 29.6 Å². The molecule has 0 aliphatic carbocycles. The van der Waals surface area contributed by atoms with Gasteiger partial charge in [0, 0.05) is 12.1 Å². The number of nitrogens with one attached hydrogen (secondary N) is 2. The Hall–Kier alpha value is -3.27. The summed E-state index contributed by atoms with van der Waals surface area (Å²) in [4.78, 5) is 23.8. The standard InChI is InChI=1S/C30H45N2O9P/c1-21(31-27(33)40-29(3,4)5)17-23-9-13-25(14-10-23)36-19-38-42(35)39-20-37-26-15-11-24(12-16-26)18-22(2)32-28(34)41-30(6,7)8/h9-16,21-22,42H,17-20H2,1-8H3,(H,31,33)(H,32,34). The van der Waals surface area contributed by atoms with E-state index in [0.717, 1.165) is 11.1 Å². The van der Waals surface area contributed by atoms with Gasteiger partial charge in [-0.1, -0.05) is 24.3 Å². The van der Waals surface area contributed by atoms with Crippen LogP contribution in [0, 0.1) is 0 Å². The van der Waals surface area contributed by atoms with Crippen molar-refractivity contribution >= 4 is 20.4 Å². The Labute approximate surface area is 249 Å². The summed E-state index contributed by atoms with van der Waals surface area (Å²) in [5, 5.41) is 5.62. The number of carbonyl (C=O) groups is 2. The lowest BCUT2D eigenvalue weighted by atomic mass is 10.1. The number of rotatable bonds is 14. The molecule has 0 spiro atoms. The first-order valence-electron chi connectivity index (χ1n) is 13.8. The van der Waals surface area contributed by atoms with Gasteiger partial charge in [0.2, 0.25) is 0 Å². The molecular weight excluding hydrogens is 563 g/mol. The van der Waals surface area contributed by atoms with Crippen LogP contribution >= 0.6 is 8.25 Å². The van der Waals surface area contributed by atoms with Crippen molar-refractivity contribution in [2.45, 2.75) is 91.5 Å². The van der Waals surface area contributed by atoms with E-state index >= 15 is 0 Å². The highest BCUT2D eigenvalue weighted by Crippen LogP contribution is 2.25. The van der Waals surface area contributed by atoms with E-state index in [1.54, 1.807) is 24.3 Å².